The fourth-order valence-electron chi connectivity index (χ4n) is 8.87. The molecule has 3 aliphatic heterocycles. The fraction of sp³-hybridized carbons (Fsp3) is 0.786. The van der Waals surface area contributed by atoms with Crippen molar-refractivity contribution < 1.29 is 38.3 Å². The van der Waals surface area contributed by atoms with E-state index < -0.39 is 40.3 Å². The van der Waals surface area contributed by atoms with Crippen LogP contribution in [0.1, 0.15) is 132 Å². The number of carbonyl (C=O) groups excluding carboxylic acids is 7. The molecule has 0 unspecified atom stereocenters. The third-order valence-electron chi connectivity index (χ3n) is 12.4. The summed E-state index contributed by atoms with van der Waals surface area (Å²) in [6.07, 6.45) is 7.26. The zero-order valence-electron chi connectivity index (χ0n) is 32.9. The maximum atomic E-state index is 14.5. The summed E-state index contributed by atoms with van der Waals surface area (Å²) in [5.41, 5.74) is -0.936. The van der Waals surface area contributed by atoms with Crippen LogP contribution >= 0.6 is 0 Å². The number of ketones is 4. The Hall–Kier alpha value is -3.01. The highest BCUT2D eigenvalue weighted by Crippen LogP contribution is 2.65. The Labute approximate surface area is 311 Å². The van der Waals surface area contributed by atoms with Crippen molar-refractivity contribution in [2.24, 2.45) is 45.8 Å². The summed E-state index contributed by atoms with van der Waals surface area (Å²) in [6, 6.07) is -0.723. The first kappa shape index (κ1) is 41.7. The van der Waals surface area contributed by atoms with E-state index in [9.17, 15) is 33.6 Å². The van der Waals surface area contributed by atoms with E-state index in [0.29, 0.717) is 26.0 Å². The number of piperidine rings is 2. The van der Waals surface area contributed by atoms with E-state index in [4.69, 9.17) is 4.74 Å². The Balaban J connectivity index is 1.55. The number of carbonyl (C=O) groups is 7. The predicted octanol–water partition coefficient (Wildman–Crippen LogP) is 6.32. The molecule has 52 heavy (non-hydrogen) atoms. The van der Waals surface area contributed by atoms with Crippen LogP contribution in [0.2, 0.25) is 0 Å². The molecule has 290 valence electrons. The standard InChI is InChI=1S/C42H64N2O8/c1-9-10-17-32(46)38(50)27-16-14-12-11-13-15-18-52-26-28(39(51)44-25-31-36(42(31,7)8)37(44)33(47)20-27)19-30(45)21-29(40(2,3)4)24-43-34(48)22-41(5,6)23-35(43)49/h9,27-29,31,36-37H,1,10-26H2,2-8H3/t27-,28+,29-,31+,36+,37-/m1/s1. The molecule has 0 aromatic heterocycles. The molecular formula is C42H64N2O8. The van der Waals surface area contributed by atoms with E-state index in [0.717, 1.165) is 32.1 Å². The lowest BCUT2D eigenvalue weighted by atomic mass is 9.75. The number of ether oxygens (including phenoxy) is 1. The van der Waals surface area contributed by atoms with Gasteiger partial charge in [-0.15, -0.1) is 6.58 Å². The number of rotatable bonds is 11. The summed E-state index contributed by atoms with van der Waals surface area (Å²) >= 11 is 0. The summed E-state index contributed by atoms with van der Waals surface area (Å²) in [6.45, 7) is 18.7. The van der Waals surface area contributed by atoms with E-state index in [1.165, 1.54) is 4.90 Å². The molecule has 0 radical (unpaired) electrons. The molecule has 4 aliphatic rings. The Bertz CT molecular complexity index is 1390. The van der Waals surface area contributed by atoms with Crippen LogP contribution in [-0.4, -0.2) is 83.0 Å². The third kappa shape index (κ3) is 10.1. The average molecular weight is 725 g/mol. The molecule has 4 rings (SSSR count). The Kier molecular flexibility index (Phi) is 13.6. The molecule has 6 atom stereocenters. The number of hydrogen-bond acceptors (Lipinski definition) is 8. The quantitative estimate of drug-likeness (QED) is 0.137. The van der Waals surface area contributed by atoms with Gasteiger partial charge in [0.25, 0.3) is 0 Å². The van der Waals surface area contributed by atoms with Crippen molar-refractivity contribution >= 4 is 40.9 Å². The number of imide groups is 1. The highest BCUT2D eigenvalue weighted by Gasteiger charge is 2.69. The second kappa shape index (κ2) is 17.0. The van der Waals surface area contributed by atoms with Crippen LogP contribution in [0.4, 0.5) is 0 Å². The lowest BCUT2D eigenvalue weighted by Crippen LogP contribution is -2.50. The van der Waals surface area contributed by atoms with E-state index in [1.807, 2.05) is 34.6 Å². The minimum Gasteiger partial charge on any atom is -0.381 e. The lowest BCUT2D eigenvalue weighted by molar-refractivity contribution is -0.154. The number of fused-ring (bicyclic) bond motifs is 3. The first-order valence-corrected chi connectivity index (χ1v) is 19.7. The Morgan fingerprint density at radius 1 is 0.962 bits per heavy atom. The summed E-state index contributed by atoms with van der Waals surface area (Å²) < 4.78 is 6.05. The van der Waals surface area contributed by atoms with E-state index in [1.54, 1.807) is 11.0 Å². The minimum absolute atomic E-state index is 0.0535. The maximum Gasteiger partial charge on any atom is 0.229 e. The van der Waals surface area contributed by atoms with Crippen molar-refractivity contribution in [2.75, 3.05) is 26.3 Å². The molecule has 10 heteroatoms. The van der Waals surface area contributed by atoms with Crippen molar-refractivity contribution in [3.05, 3.63) is 12.7 Å². The van der Waals surface area contributed by atoms with Gasteiger partial charge in [-0.25, -0.2) is 0 Å². The van der Waals surface area contributed by atoms with E-state index in [-0.39, 0.29) is 104 Å². The zero-order valence-corrected chi connectivity index (χ0v) is 32.9. The van der Waals surface area contributed by atoms with E-state index >= 15 is 0 Å². The fourth-order valence-corrected chi connectivity index (χ4v) is 8.87. The summed E-state index contributed by atoms with van der Waals surface area (Å²) in [5.74, 6) is -3.79. The minimum atomic E-state index is -0.797. The van der Waals surface area contributed by atoms with Crippen LogP contribution in [0.15, 0.2) is 12.7 Å². The number of Topliss-reactive ketones (excluding diaryl/α,β-unsaturated/α-hetero) is 4. The number of allylic oxidation sites excluding steroid dienone is 1. The normalized spacial score (nSPS) is 29.2. The molecule has 1 aliphatic carbocycles. The molecule has 0 spiro atoms. The first-order valence-electron chi connectivity index (χ1n) is 19.7. The van der Waals surface area contributed by atoms with Crippen molar-refractivity contribution in [1.82, 2.24) is 9.80 Å². The van der Waals surface area contributed by atoms with Crippen LogP contribution in [0, 0.1) is 45.8 Å². The number of amides is 3. The van der Waals surface area contributed by atoms with Gasteiger partial charge in [0.1, 0.15) is 5.78 Å². The van der Waals surface area contributed by atoms with Gasteiger partial charge in [-0.05, 0) is 53.3 Å². The van der Waals surface area contributed by atoms with Gasteiger partial charge < -0.3 is 9.64 Å². The van der Waals surface area contributed by atoms with Gasteiger partial charge in [0, 0.05) is 64.1 Å². The van der Waals surface area contributed by atoms with Crippen LogP contribution in [0.3, 0.4) is 0 Å². The van der Waals surface area contributed by atoms with Crippen molar-refractivity contribution in [3.8, 4) is 0 Å². The van der Waals surface area contributed by atoms with Crippen LogP contribution in [0.5, 0.6) is 0 Å². The molecule has 3 saturated heterocycles. The molecule has 3 heterocycles. The first-order chi connectivity index (χ1) is 24.3. The van der Waals surface area contributed by atoms with Crippen LogP contribution < -0.4 is 0 Å². The molecule has 4 fully saturated rings. The molecule has 10 nitrogen and oxygen atoms in total. The largest absolute Gasteiger partial charge is 0.381 e. The molecule has 0 bridgehead atoms. The number of hydrogen-bond donors (Lipinski definition) is 0. The van der Waals surface area contributed by atoms with Gasteiger partial charge >= 0.3 is 0 Å². The Morgan fingerprint density at radius 2 is 1.60 bits per heavy atom. The van der Waals surface area contributed by atoms with Gasteiger partial charge in [0.2, 0.25) is 23.5 Å². The molecule has 3 amide bonds. The summed E-state index contributed by atoms with van der Waals surface area (Å²) in [5, 5.41) is 0. The van der Waals surface area contributed by atoms with Crippen molar-refractivity contribution in [2.45, 2.75) is 138 Å². The highest BCUT2D eigenvalue weighted by molar-refractivity contribution is 6.38. The third-order valence-corrected chi connectivity index (χ3v) is 12.4. The summed E-state index contributed by atoms with van der Waals surface area (Å²) in [4.78, 5) is 97.8. The van der Waals surface area contributed by atoms with Crippen LogP contribution in [-0.2, 0) is 38.3 Å². The smallest absolute Gasteiger partial charge is 0.229 e. The average Bonchev–Trinajstić information content (AvgIpc) is 3.35. The Morgan fingerprint density at radius 3 is 2.23 bits per heavy atom. The molecular weight excluding hydrogens is 660 g/mol. The molecule has 0 aromatic rings. The van der Waals surface area contributed by atoms with Gasteiger partial charge in [-0.2, -0.15) is 0 Å². The highest BCUT2D eigenvalue weighted by atomic mass is 16.5. The number of likely N-dealkylation sites (tertiary alicyclic amines) is 1. The van der Waals surface area contributed by atoms with Gasteiger partial charge in [0.15, 0.2) is 11.6 Å². The number of nitrogens with zero attached hydrogens (tertiary/aromatic N) is 2. The summed E-state index contributed by atoms with van der Waals surface area (Å²) in [7, 11) is 0. The predicted molar refractivity (Wildman–Crippen MR) is 198 cm³/mol. The van der Waals surface area contributed by atoms with Crippen LogP contribution in [0.25, 0.3) is 0 Å². The second-order valence-electron chi connectivity index (χ2n) is 18.6. The SMILES string of the molecule is C=CCCC(=O)C(=O)[C@@H]1CCCCCCCOC[C@H](CC(=O)C[C@H](CN2C(=O)CC(C)(C)CC2=O)C(C)(C)C)C(=O)N2C[C@H]3[C@@H]([C@H]2C(=O)C1)C3(C)C. The molecule has 1 saturated carbocycles. The monoisotopic (exact) mass is 724 g/mol. The van der Waals surface area contributed by atoms with Gasteiger partial charge in [-0.3, -0.25) is 38.5 Å². The second-order valence-corrected chi connectivity index (χ2v) is 18.6. The lowest BCUT2D eigenvalue weighted by Gasteiger charge is -2.39. The zero-order chi connectivity index (χ0) is 38.6. The van der Waals surface area contributed by atoms with E-state index in [2.05, 4.69) is 20.4 Å². The topological polar surface area (TPSA) is 135 Å². The molecule has 0 N–H and O–H groups in total. The molecule has 0 aromatic carbocycles. The maximum absolute atomic E-state index is 14.5. The van der Waals surface area contributed by atoms with Crippen molar-refractivity contribution in [1.29, 1.82) is 0 Å². The van der Waals surface area contributed by atoms with Gasteiger partial charge in [-0.1, -0.05) is 80.2 Å². The van der Waals surface area contributed by atoms with Crippen molar-refractivity contribution in [3.63, 3.8) is 0 Å². The van der Waals surface area contributed by atoms with Gasteiger partial charge in [0.05, 0.1) is 18.6 Å².